The molecule has 110 valence electrons. The van der Waals surface area contributed by atoms with Gasteiger partial charge in [-0.15, -0.1) is 0 Å². The van der Waals surface area contributed by atoms with Gasteiger partial charge in [-0.25, -0.2) is 13.6 Å². The first-order valence-electron chi connectivity index (χ1n) is 7.03. The molecule has 0 bridgehead atoms. The maximum absolute atomic E-state index is 14.1. The Morgan fingerprint density at radius 3 is 2.25 bits per heavy atom. The van der Waals surface area contributed by atoms with Gasteiger partial charge in [0.15, 0.2) is 0 Å². The Kier molecular flexibility index (Phi) is 4.57. The van der Waals surface area contributed by atoms with Crippen LogP contribution in [0.15, 0.2) is 12.1 Å². The van der Waals surface area contributed by atoms with Crippen LogP contribution < -0.4 is 4.90 Å². The molecule has 0 radical (unpaired) electrons. The molecule has 5 heteroatoms. The second-order valence-electron chi connectivity index (χ2n) is 5.17. The molecule has 3 nitrogen and oxygen atoms in total. The highest BCUT2D eigenvalue weighted by Crippen LogP contribution is 2.31. The number of aromatic carboxylic acids is 1. The second-order valence-corrected chi connectivity index (χ2v) is 5.17. The zero-order valence-corrected chi connectivity index (χ0v) is 11.5. The molecule has 1 aliphatic carbocycles. The van der Waals surface area contributed by atoms with Gasteiger partial charge in [0.2, 0.25) is 0 Å². The van der Waals surface area contributed by atoms with Crippen molar-refractivity contribution >= 4 is 11.7 Å². The third-order valence-corrected chi connectivity index (χ3v) is 3.91. The number of rotatable bonds is 4. The number of halogens is 2. The standard InChI is InChI=1S/C15H19F2NO2/c1-2-18(11-6-4-3-5-7-11)14-12(16)8-10(15(19)20)9-13(14)17/h8-9,11H,2-7H2,1H3,(H,19,20). The Morgan fingerprint density at radius 1 is 1.25 bits per heavy atom. The van der Waals surface area contributed by atoms with Crippen LogP contribution in [0.5, 0.6) is 0 Å². The summed E-state index contributed by atoms with van der Waals surface area (Å²) in [6, 6.07) is 1.92. The fourth-order valence-electron chi connectivity index (χ4n) is 2.95. The van der Waals surface area contributed by atoms with Crippen molar-refractivity contribution in [3.8, 4) is 0 Å². The Hall–Kier alpha value is -1.65. The monoisotopic (exact) mass is 283 g/mol. The number of carboxylic acid groups (broad SMARTS) is 1. The topological polar surface area (TPSA) is 40.5 Å². The van der Waals surface area contributed by atoms with Crippen LogP contribution in [-0.4, -0.2) is 23.7 Å². The van der Waals surface area contributed by atoms with Gasteiger partial charge in [0.25, 0.3) is 0 Å². The summed E-state index contributed by atoms with van der Waals surface area (Å²) in [5, 5.41) is 8.82. The van der Waals surface area contributed by atoms with E-state index in [2.05, 4.69) is 0 Å². The summed E-state index contributed by atoms with van der Waals surface area (Å²) in [6.07, 6.45) is 5.15. The fourth-order valence-corrected chi connectivity index (χ4v) is 2.95. The molecule has 1 fully saturated rings. The zero-order chi connectivity index (χ0) is 14.7. The number of hydrogen-bond donors (Lipinski definition) is 1. The average molecular weight is 283 g/mol. The summed E-state index contributed by atoms with van der Waals surface area (Å²) in [7, 11) is 0. The molecule has 0 spiro atoms. The van der Waals surface area contributed by atoms with Gasteiger partial charge >= 0.3 is 5.97 Å². The van der Waals surface area contributed by atoms with E-state index >= 15 is 0 Å². The van der Waals surface area contributed by atoms with Gasteiger partial charge in [-0.2, -0.15) is 0 Å². The molecular formula is C15H19F2NO2. The minimum absolute atomic E-state index is 0.0931. The lowest BCUT2D eigenvalue weighted by Gasteiger charge is -2.35. The van der Waals surface area contributed by atoms with Crippen LogP contribution in [-0.2, 0) is 0 Å². The molecule has 0 saturated heterocycles. The van der Waals surface area contributed by atoms with Crippen LogP contribution >= 0.6 is 0 Å². The largest absolute Gasteiger partial charge is 0.478 e. The summed E-state index contributed by atoms with van der Waals surface area (Å²) < 4.78 is 28.2. The lowest BCUT2D eigenvalue weighted by molar-refractivity contribution is 0.0695. The predicted molar refractivity (Wildman–Crippen MR) is 73.2 cm³/mol. The molecule has 1 saturated carbocycles. The van der Waals surface area contributed by atoms with Crippen LogP contribution in [0.25, 0.3) is 0 Å². The highest BCUT2D eigenvalue weighted by molar-refractivity contribution is 5.88. The molecule has 20 heavy (non-hydrogen) atoms. The third-order valence-electron chi connectivity index (χ3n) is 3.91. The lowest BCUT2D eigenvalue weighted by atomic mass is 9.93. The van der Waals surface area contributed by atoms with Crippen LogP contribution in [0.1, 0.15) is 49.4 Å². The second kappa shape index (κ2) is 6.20. The number of anilines is 1. The molecule has 0 aromatic heterocycles. The first kappa shape index (κ1) is 14.8. The number of benzene rings is 1. The molecule has 0 atom stereocenters. The van der Waals surface area contributed by atoms with E-state index in [0.717, 1.165) is 44.2 Å². The third kappa shape index (κ3) is 2.92. The van der Waals surface area contributed by atoms with Gasteiger partial charge in [-0.1, -0.05) is 19.3 Å². The Balaban J connectivity index is 2.36. The minimum Gasteiger partial charge on any atom is -0.478 e. The van der Waals surface area contributed by atoms with Crippen LogP contribution in [0.2, 0.25) is 0 Å². The molecule has 1 aliphatic rings. The highest BCUT2D eigenvalue weighted by atomic mass is 19.1. The van der Waals surface area contributed by atoms with Crippen molar-refractivity contribution in [2.75, 3.05) is 11.4 Å². The van der Waals surface area contributed by atoms with E-state index in [1.807, 2.05) is 6.92 Å². The molecule has 0 unspecified atom stereocenters. The van der Waals surface area contributed by atoms with Crippen LogP contribution in [0, 0.1) is 11.6 Å². The van der Waals surface area contributed by atoms with Gasteiger partial charge in [0.1, 0.15) is 17.3 Å². The number of nitrogens with zero attached hydrogens (tertiary/aromatic N) is 1. The van der Waals surface area contributed by atoms with E-state index in [1.165, 1.54) is 0 Å². The van der Waals surface area contributed by atoms with Crippen molar-refractivity contribution in [3.63, 3.8) is 0 Å². The SMILES string of the molecule is CCN(c1c(F)cc(C(=O)O)cc1F)C1CCCCC1. The Morgan fingerprint density at radius 2 is 1.80 bits per heavy atom. The lowest BCUT2D eigenvalue weighted by Crippen LogP contribution is -2.38. The van der Waals surface area contributed by atoms with Crippen LogP contribution in [0.3, 0.4) is 0 Å². The smallest absolute Gasteiger partial charge is 0.335 e. The number of carboxylic acids is 1. The van der Waals surface area contributed by atoms with Crippen molar-refractivity contribution in [2.45, 2.75) is 45.1 Å². The van der Waals surface area contributed by atoms with Gasteiger partial charge in [0, 0.05) is 12.6 Å². The quantitative estimate of drug-likeness (QED) is 0.913. The van der Waals surface area contributed by atoms with Crippen molar-refractivity contribution in [1.29, 1.82) is 0 Å². The molecule has 1 aromatic carbocycles. The summed E-state index contributed by atoms with van der Waals surface area (Å²) in [5.41, 5.74) is -0.451. The molecule has 0 amide bonds. The van der Waals surface area contributed by atoms with Crippen molar-refractivity contribution in [3.05, 3.63) is 29.3 Å². The predicted octanol–water partition coefficient (Wildman–Crippen LogP) is 3.82. The summed E-state index contributed by atoms with van der Waals surface area (Å²) in [4.78, 5) is 12.5. The van der Waals surface area contributed by atoms with Gasteiger partial charge in [-0.3, -0.25) is 0 Å². The minimum atomic E-state index is -1.32. The first-order chi connectivity index (χ1) is 9.54. The maximum atomic E-state index is 14.1. The molecule has 1 N–H and O–H groups in total. The fraction of sp³-hybridized carbons (Fsp3) is 0.533. The normalized spacial score (nSPS) is 16.1. The highest BCUT2D eigenvalue weighted by Gasteiger charge is 2.26. The zero-order valence-electron chi connectivity index (χ0n) is 11.5. The van der Waals surface area contributed by atoms with Crippen molar-refractivity contribution in [1.82, 2.24) is 0 Å². The van der Waals surface area contributed by atoms with E-state index in [1.54, 1.807) is 4.90 Å². The Bertz CT molecular complexity index is 476. The maximum Gasteiger partial charge on any atom is 0.335 e. The molecule has 2 rings (SSSR count). The molecule has 0 aliphatic heterocycles. The van der Waals surface area contributed by atoms with E-state index in [9.17, 15) is 13.6 Å². The Labute approximate surface area is 117 Å². The van der Waals surface area contributed by atoms with E-state index in [-0.39, 0.29) is 17.3 Å². The molecule has 1 aromatic rings. The first-order valence-corrected chi connectivity index (χ1v) is 7.03. The van der Waals surface area contributed by atoms with Crippen molar-refractivity contribution in [2.24, 2.45) is 0 Å². The van der Waals surface area contributed by atoms with E-state index in [0.29, 0.717) is 6.54 Å². The van der Waals surface area contributed by atoms with Gasteiger partial charge < -0.3 is 10.0 Å². The summed E-state index contributed by atoms with van der Waals surface area (Å²) >= 11 is 0. The number of carbonyl (C=O) groups is 1. The van der Waals surface area contributed by atoms with E-state index in [4.69, 9.17) is 5.11 Å². The molecular weight excluding hydrogens is 264 g/mol. The summed E-state index contributed by atoms with van der Waals surface area (Å²) in [6.45, 7) is 2.36. The van der Waals surface area contributed by atoms with E-state index < -0.39 is 17.6 Å². The van der Waals surface area contributed by atoms with Gasteiger partial charge in [-0.05, 0) is 31.9 Å². The number of hydrogen-bond acceptors (Lipinski definition) is 2. The summed E-state index contributed by atoms with van der Waals surface area (Å²) in [5.74, 6) is -2.92. The average Bonchev–Trinajstić information content (AvgIpc) is 2.43. The van der Waals surface area contributed by atoms with Gasteiger partial charge in [0.05, 0.1) is 5.56 Å². The van der Waals surface area contributed by atoms with Crippen LogP contribution in [0.4, 0.5) is 14.5 Å². The molecule has 0 heterocycles. The van der Waals surface area contributed by atoms with Crippen molar-refractivity contribution < 1.29 is 18.7 Å².